The Labute approximate surface area is 124 Å². The molecule has 0 saturated heterocycles. The minimum atomic E-state index is -3.66. The highest BCUT2D eigenvalue weighted by Crippen LogP contribution is 2.11. The van der Waals surface area contributed by atoms with Crippen LogP contribution in [0.4, 0.5) is 0 Å². The van der Waals surface area contributed by atoms with Gasteiger partial charge in [0.2, 0.25) is 10.0 Å². The van der Waals surface area contributed by atoms with Crippen molar-refractivity contribution in [3.05, 3.63) is 42.0 Å². The molecule has 1 aromatic rings. The molecule has 0 spiro atoms. The van der Waals surface area contributed by atoms with Gasteiger partial charge in [-0.05, 0) is 31.2 Å². The molecule has 1 N–H and O–H groups in total. The van der Waals surface area contributed by atoms with Gasteiger partial charge in [0, 0.05) is 13.0 Å². The zero-order chi connectivity index (χ0) is 15.7. The minimum Gasteiger partial charge on any atom is -0.458 e. The van der Waals surface area contributed by atoms with Gasteiger partial charge in [-0.1, -0.05) is 12.2 Å². The summed E-state index contributed by atoms with van der Waals surface area (Å²) in [5.41, 5.74) is 0.274. The van der Waals surface area contributed by atoms with Crippen LogP contribution in [0.5, 0.6) is 0 Å². The Morgan fingerprint density at radius 1 is 1.38 bits per heavy atom. The Hall–Kier alpha value is -2.17. The van der Waals surface area contributed by atoms with Gasteiger partial charge in [-0.15, -0.1) is 0 Å². The largest absolute Gasteiger partial charge is 0.458 e. The molecule has 21 heavy (non-hydrogen) atoms. The van der Waals surface area contributed by atoms with Gasteiger partial charge in [0.25, 0.3) is 0 Å². The first kappa shape index (κ1) is 16.9. The SMILES string of the molecule is CC=CCOC(=O)c1ccc(S(=O)(=O)NCCC#N)cc1. The number of ether oxygens (including phenoxy) is 1. The van der Waals surface area contributed by atoms with Crippen LogP contribution in [0.1, 0.15) is 23.7 Å². The number of nitrogens with zero attached hydrogens (tertiary/aromatic N) is 1. The molecule has 7 heteroatoms. The number of rotatable bonds is 7. The van der Waals surface area contributed by atoms with Crippen LogP contribution in [0.3, 0.4) is 0 Å². The molecular weight excluding hydrogens is 292 g/mol. The van der Waals surface area contributed by atoms with E-state index in [-0.39, 0.29) is 30.0 Å². The molecule has 1 aromatic carbocycles. The lowest BCUT2D eigenvalue weighted by Crippen LogP contribution is -2.24. The fourth-order valence-corrected chi connectivity index (χ4v) is 2.43. The summed E-state index contributed by atoms with van der Waals surface area (Å²) < 4.78 is 30.9. The molecule has 1 rings (SSSR count). The number of carbonyl (C=O) groups excluding carboxylic acids is 1. The van der Waals surface area contributed by atoms with Crippen LogP contribution in [-0.2, 0) is 14.8 Å². The number of benzene rings is 1. The highest BCUT2D eigenvalue weighted by molar-refractivity contribution is 7.89. The highest BCUT2D eigenvalue weighted by Gasteiger charge is 2.14. The van der Waals surface area contributed by atoms with Gasteiger partial charge in [0.1, 0.15) is 6.61 Å². The lowest BCUT2D eigenvalue weighted by atomic mass is 10.2. The van der Waals surface area contributed by atoms with Gasteiger partial charge in [0.05, 0.1) is 16.5 Å². The lowest BCUT2D eigenvalue weighted by molar-refractivity contribution is 0.0549. The third kappa shape index (κ3) is 5.38. The van der Waals surface area contributed by atoms with Gasteiger partial charge in [-0.2, -0.15) is 5.26 Å². The Balaban J connectivity index is 2.73. The summed E-state index contributed by atoms with van der Waals surface area (Å²) in [5.74, 6) is -0.519. The second-order valence-electron chi connectivity index (χ2n) is 4.00. The second kappa shape index (κ2) is 8.19. The molecule has 0 aliphatic carbocycles. The number of carbonyl (C=O) groups is 1. The fourth-order valence-electron chi connectivity index (χ4n) is 1.40. The van der Waals surface area contributed by atoms with Crippen molar-refractivity contribution >= 4 is 16.0 Å². The Morgan fingerprint density at radius 3 is 2.62 bits per heavy atom. The van der Waals surface area contributed by atoms with Crippen LogP contribution in [0.15, 0.2) is 41.3 Å². The topological polar surface area (TPSA) is 96.3 Å². The summed E-state index contributed by atoms with van der Waals surface area (Å²) in [5, 5.41) is 8.38. The summed E-state index contributed by atoms with van der Waals surface area (Å²) in [6.45, 7) is 2.03. The number of sulfonamides is 1. The maximum absolute atomic E-state index is 11.9. The van der Waals surface area contributed by atoms with Crippen LogP contribution in [0, 0.1) is 11.3 Å². The van der Waals surface area contributed by atoms with Crippen molar-refractivity contribution < 1.29 is 17.9 Å². The van der Waals surface area contributed by atoms with Gasteiger partial charge >= 0.3 is 5.97 Å². The summed E-state index contributed by atoms with van der Waals surface area (Å²) >= 11 is 0. The molecule has 0 saturated carbocycles. The number of nitriles is 1. The average Bonchev–Trinajstić information content (AvgIpc) is 2.47. The Morgan fingerprint density at radius 2 is 2.05 bits per heavy atom. The van der Waals surface area contributed by atoms with Crippen LogP contribution < -0.4 is 4.72 Å². The summed E-state index contributed by atoms with van der Waals surface area (Å²) in [4.78, 5) is 11.7. The van der Waals surface area contributed by atoms with Gasteiger partial charge in [0.15, 0.2) is 0 Å². The van der Waals surface area contributed by atoms with E-state index in [2.05, 4.69) is 4.72 Å². The van der Waals surface area contributed by atoms with E-state index in [4.69, 9.17) is 10.00 Å². The van der Waals surface area contributed by atoms with E-state index in [1.54, 1.807) is 12.2 Å². The smallest absolute Gasteiger partial charge is 0.338 e. The number of hydrogen-bond donors (Lipinski definition) is 1. The quantitative estimate of drug-likeness (QED) is 0.469. The Kier molecular flexibility index (Phi) is 6.59. The average molecular weight is 308 g/mol. The lowest BCUT2D eigenvalue weighted by Gasteiger charge is -2.06. The molecule has 0 aliphatic heterocycles. The molecule has 0 amide bonds. The van der Waals surface area contributed by atoms with Gasteiger partial charge in [-0.25, -0.2) is 17.9 Å². The first-order chi connectivity index (χ1) is 10.0. The van der Waals surface area contributed by atoms with E-state index in [0.717, 1.165) is 0 Å². The van der Waals surface area contributed by atoms with Crippen molar-refractivity contribution in [2.75, 3.05) is 13.2 Å². The third-order valence-corrected chi connectivity index (χ3v) is 3.95. The number of hydrogen-bond acceptors (Lipinski definition) is 5. The van der Waals surface area contributed by atoms with E-state index in [9.17, 15) is 13.2 Å². The number of nitrogens with one attached hydrogen (secondary N) is 1. The zero-order valence-electron chi connectivity index (χ0n) is 11.6. The van der Waals surface area contributed by atoms with E-state index in [0.29, 0.717) is 0 Å². The van der Waals surface area contributed by atoms with Crippen molar-refractivity contribution in [3.63, 3.8) is 0 Å². The maximum Gasteiger partial charge on any atom is 0.338 e. The molecule has 6 nitrogen and oxygen atoms in total. The van der Waals surface area contributed by atoms with E-state index >= 15 is 0 Å². The first-order valence-electron chi connectivity index (χ1n) is 6.26. The molecule has 0 aliphatic rings. The molecule has 0 bridgehead atoms. The van der Waals surface area contributed by atoms with Gasteiger partial charge < -0.3 is 4.74 Å². The molecule has 0 heterocycles. The highest BCUT2D eigenvalue weighted by atomic mass is 32.2. The van der Waals surface area contributed by atoms with Crippen molar-refractivity contribution in [3.8, 4) is 6.07 Å². The van der Waals surface area contributed by atoms with Crippen molar-refractivity contribution in [2.45, 2.75) is 18.2 Å². The molecule has 0 atom stereocenters. The molecule has 0 fully saturated rings. The van der Waals surface area contributed by atoms with Gasteiger partial charge in [-0.3, -0.25) is 0 Å². The predicted octanol–water partition coefficient (Wildman–Crippen LogP) is 1.61. The minimum absolute atomic E-state index is 0.0328. The van der Waals surface area contributed by atoms with Crippen LogP contribution in [0.25, 0.3) is 0 Å². The summed E-state index contributed by atoms with van der Waals surface area (Å²) in [6.07, 6.45) is 3.54. The van der Waals surface area contributed by atoms with E-state index in [1.807, 2.05) is 13.0 Å². The molecule has 112 valence electrons. The standard InChI is InChI=1S/C14H16N2O4S/c1-2-3-11-20-14(17)12-5-7-13(8-6-12)21(18,19)16-10-4-9-15/h2-3,5-8,16H,4,10-11H2,1H3. The molecule has 0 unspecified atom stereocenters. The first-order valence-corrected chi connectivity index (χ1v) is 7.74. The zero-order valence-corrected chi connectivity index (χ0v) is 12.4. The summed E-state index contributed by atoms with van der Waals surface area (Å²) in [7, 11) is -3.66. The summed E-state index contributed by atoms with van der Waals surface area (Å²) in [6, 6.07) is 7.26. The van der Waals surface area contributed by atoms with Crippen molar-refractivity contribution in [1.29, 1.82) is 5.26 Å². The van der Waals surface area contributed by atoms with Crippen LogP contribution >= 0.6 is 0 Å². The van der Waals surface area contributed by atoms with Crippen LogP contribution in [-0.4, -0.2) is 27.5 Å². The van der Waals surface area contributed by atoms with Crippen molar-refractivity contribution in [2.24, 2.45) is 0 Å². The third-order valence-electron chi connectivity index (χ3n) is 2.48. The maximum atomic E-state index is 11.9. The Bertz CT molecular complexity index is 643. The number of allylic oxidation sites excluding steroid dienone is 1. The van der Waals surface area contributed by atoms with Crippen molar-refractivity contribution in [1.82, 2.24) is 4.72 Å². The molecule has 0 aromatic heterocycles. The monoisotopic (exact) mass is 308 g/mol. The second-order valence-corrected chi connectivity index (χ2v) is 5.76. The predicted molar refractivity (Wildman–Crippen MR) is 77.0 cm³/mol. The van der Waals surface area contributed by atoms with E-state index < -0.39 is 16.0 Å². The van der Waals surface area contributed by atoms with Crippen LogP contribution in [0.2, 0.25) is 0 Å². The fraction of sp³-hybridized carbons (Fsp3) is 0.286. The molecular formula is C14H16N2O4S. The normalized spacial score (nSPS) is 11.2. The van der Waals surface area contributed by atoms with E-state index in [1.165, 1.54) is 24.3 Å². The number of esters is 1. The molecule has 0 radical (unpaired) electrons.